The van der Waals surface area contributed by atoms with E-state index in [1.54, 1.807) is 45.0 Å². The van der Waals surface area contributed by atoms with Crippen LogP contribution in [0.15, 0.2) is 42.5 Å². The maximum atomic E-state index is 13.4. The minimum atomic E-state index is -1.06. The predicted octanol–water partition coefficient (Wildman–Crippen LogP) is 4.22. The first-order chi connectivity index (χ1) is 15.5. The van der Waals surface area contributed by atoms with Gasteiger partial charge in [-0.2, -0.15) is 0 Å². The topological polar surface area (TPSA) is 110 Å². The van der Waals surface area contributed by atoms with Crippen molar-refractivity contribution in [1.82, 2.24) is 4.90 Å². The molecule has 1 aliphatic rings. The number of nitro benzene ring substituents is 1. The van der Waals surface area contributed by atoms with Crippen LogP contribution in [0.1, 0.15) is 44.5 Å². The van der Waals surface area contributed by atoms with Gasteiger partial charge in [-0.15, -0.1) is 0 Å². The van der Waals surface area contributed by atoms with E-state index in [-0.39, 0.29) is 17.0 Å². The lowest BCUT2D eigenvalue weighted by atomic mass is 9.99. The molecule has 1 atom stereocenters. The third-order valence-corrected chi connectivity index (χ3v) is 5.49. The number of nitrogens with zero attached hydrogens (tertiary/aromatic N) is 3. The van der Waals surface area contributed by atoms with Gasteiger partial charge in [0.15, 0.2) is 0 Å². The van der Waals surface area contributed by atoms with Crippen molar-refractivity contribution in [2.75, 3.05) is 11.5 Å². The van der Waals surface area contributed by atoms with Crippen LogP contribution in [0.3, 0.4) is 0 Å². The number of amides is 3. The van der Waals surface area contributed by atoms with E-state index < -0.39 is 39.9 Å². The summed E-state index contributed by atoms with van der Waals surface area (Å²) in [6.45, 7) is 7.51. The van der Waals surface area contributed by atoms with Gasteiger partial charge in [-0.1, -0.05) is 11.6 Å². The van der Waals surface area contributed by atoms with Crippen molar-refractivity contribution >= 4 is 40.7 Å². The molecule has 1 aliphatic heterocycles. The van der Waals surface area contributed by atoms with E-state index in [0.29, 0.717) is 18.0 Å². The second-order valence-corrected chi connectivity index (χ2v) is 8.89. The molecule has 0 N–H and O–H groups in total. The average Bonchev–Trinajstić information content (AvgIpc) is 3.01. The summed E-state index contributed by atoms with van der Waals surface area (Å²) < 4.78 is 5.40. The molecule has 0 aliphatic carbocycles. The highest BCUT2D eigenvalue weighted by atomic mass is 35.5. The molecule has 1 unspecified atom stereocenters. The van der Waals surface area contributed by atoms with Crippen LogP contribution in [0.25, 0.3) is 0 Å². The summed E-state index contributed by atoms with van der Waals surface area (Å²) in [5, 5.41) is 11.2. The van der Waals surface area contributed by atoms with Gasteiger partial charge >= 0.3 is 0 Å². The van der Waals surface area contributed by atoms with E-state index in [0.717, 1.165) is 11.0 Å². The quantitative estimate of drug-likeness (QED) is 0.353. The lowest BCUT2D eigenvalue weighted by molar-refractivity contribution is -0.384. The van der Waals surface area contributed by atoms with Crippen LogP contribution < -0.4 is 9.64 Å². The van der Waals surface area contributed by atoms with Crippen LogP contribution >= 0.6 is 11.6 Å². The highest BCUT2D eigenvalue weighted by Gasteiger charge is 2.47. The van der Waals surface area contributed by atoms with Gasteiger partial charge in [0, 0.05) is 17.2 Å². The van der Waals surface area contributed by atoms with Crippen molar-refractivity contribution in [2.24, 2.45) is 0 Å². The molecule has 0 saturated carbocycles. The monoisotopic (exact) mass is 473 g/mol. The molecule has 0 radical (unpaired) electrons. The number of hydrogen-bond donors (Lipinski definition) is 0. The Balaban J connectivity index is 1.96. The van der Waals surface area contributed by atoms with Crippen LogP contribution in [0, 0.1) is 10.1 Å². The van der Waals surface area contributed by atoms with Gasteiger partial charge in [0.05, 0.1) is 23.6 Å². The summed E-state index contributed by atoms with van der Waals surface area (Å²) in [5.41, 5.74) is -0.901. The Morgan fingerprint density at radius 3 is 2.39 bits per heavy atom. The van der Waals surface area contributed by atoms with Crippen LogP contribution in [0.5, 0.6) is 5.75 Å². The van der Waals surface area contributed by atoms with Gasteiger partial charge < -0.3 is 9.64 Å². The fourth-order valence-corrected chi connectivity index (χ4v) is 3.97. The van der Waals surface area contributed by atoms with Crippen LogP contribution in [0.2, 0.25) is 5.02 Å². The molecule has 2 aromatic carbocycles. The second kappa shape index (κ2) is 9.19. The van der Waals surface area contributed by atoms with Crippen molar-refractivity contribution in [3.63, 3.8) is 0 Å². The van der Waals surface area contributed by atoms with Gasteiger partial charge in [0.1, 0.15) is 16.8 Å². The Morgan fingerprint density at radius 1 is 1.21 bits per heavy atom. The van der Waals surface area contributed by atoms with Gasteiger partial charge in [0.25, 0.3) is 17.5 Å². The Hall–Kier alpha value is -3.46. The molecule has 9 nitrogen and oxygen atoms in total. The first kappa shape index (κ1) is 24.2. The molecule has 0 spiro atoms. The fourth-order valence-electron chi connectivity index (χ4n) is 3.79. The highest BCUT2D eigenvalue weighted by molar-refractivity contribution is 6.32. The number of carbonyl (C=O) groups is 3. The van der Waals surface area contributed by atoms with E-state index >= 15 is 0 Å². The average molecular weight is 474 g/mol. The van der Waals surface area contributed by atoms with E-state index in [1.165, 1.54) is 17.0 Å². The van der Waals surface area contributed by atoms with E-state index in [1.807, 2.05) is 6.92 Å². The van der Waals surface area contributed by atoms with E-state index in [2.05, 4.69) is 0 Å². The highest BCUT2D eigenvalue weighted by Crippen LogP contribution is 2.33. The van der Waals surface area contributed by atoms with Crippen molar-refractivity contribution < 1.29 is 24.0 Å². The minimum Gasteiger partial charge on any atom is -0.494 e. The third kappa shape index (κ3) is 4.83. The number of halogens is 1. The molecule has 1 heterocycles. The molecule has 2 aromatic rings. The first-order valence-electron chi connectivity index (χ1n) is 10.3. The Morgan fingerprint density at radius 2 is 1.85 bits per heavy atom. The van der Waals surface area contributed by atoms with Crippen LogP contribution in [-0.2, 0) is 9.59 Å². The number of hydrogen-bond acceptors (Lipinski definition) is 6. The summed E-state index contributed by atoms with van der Waals surface area (Å²) >= 11 is 5.87. The Kier molecular flexibility index (Phi) is 6.73. The molecular weight excluding hydrogens is 450 g/mol. The number of ether oxygens (including phenoxy) is 1. The third-order valence-electron chi connectivity index (χ3n) is 5.17. The lowest BCUT2D eigenvalue weighted by Crippen LogP contribution is -2.54. The summed E-state index contributed by atoms with van der Waals surface area (Å²) in [5.74, 6) is -0.996. The van der Waals surface area contributed by atoms with Crippen molar-refractivity contribution in [3.8, 4) is 5.75 Å². The summed E-state index contributed by atoms with van der Waals surface area (Å²) in [4.78, 5) is 52.5. The van der Waals surface area contributed by atoms with E-state index in [9.17, 15) is 24.5 Å². The molecule has 3 rings (SSSR count). The molecule has 10 heteroatoms. The standard InChI is InChI=1S/C23H24ClN3O6/c1-5-33-16-9-7-15(8-10-16)25-20(28)13-19(22(25)30)26(23(2,3)4)21(29)14-6-11-17(24)18(12-14)27(31)32/h6-12,19H,5,13H2,1-4H3. The van der Waals surface area contributed by atoms with Crippen LogP contribution in [0.4, 0.5) is 11.4 Å². The van der Waals surface area contributed by atoms with E-state index in [4.69, 9.17) is 16.3 Å². The van der Waals surface area contributed by atoms with Crippen LogP contribution in [-0.4, -0.2) is 45.7 Å². The Labute approximate surface area is 196 Å². The molecular formula is C23H24ClN3O6. The molecule has 1 fully saturated rings. The summed E-state index contributed by atoms with van der Waals surface area (Å²) in [7, 11) is 0. The minimum absolute atomic E-state index is 0.000733. The van der Waals surface area contributed by atoms with Gasteiger partial charge in [-0.25, -0.2) is 4.90 Å². The maximum absolute atomic E-state index is 13.4. The zero-order chi connectivity index (χ0) is 24.5. The zero-order valence-electron chi connectivity index (χ0n) is 18.7. The van der Waals surface area contributed by atoms with Gasteiger partial charge in [0.2, 0.25) is 5.91 Å². The van der Waals surface area contributed by atoms with Crippen molar-refractivity contribution in [2.45, 2.75) is 45.7 Å². The van der Waals surface area contributed by atoms with Gasteiger partial charge in [-0.05, 0) is 64.1 Å². The number of rotatable bonds is 6. The normalized spacial score (nSPS) is 16.2. The number of benzene rings is 2. The van der Waals surface area contributed by atoms with Crippen molar-refractivity contribution in [1.29, 1.82) is 0 Å². The number of nitro groups is 1. The first-order valence-corrected chi connectivity index (χ1v) is 10.7. The summed E-state index contributed by atoms with van der Waals surface area (Å²) in [6, 6.07) is 9.17. The fraction of sp³-hybridized carbons (Fsp3) is 0.348. The SMILES string of the molecule is CCOc1ccc(N2C(=O)CC(N(C(=O)c3ccc(Cl)c([N+](=O)[O-])c3)C(C)(C)C)C2=O)cc1. The number of carbonyl (C=O) groups excluding carboxylic acids is 3. The largest absolute Gasteiger partial charge is 0.494 e. The van der Waals surface area contributed by atoms with Crippen molar-refractivity contribution in [3.05, 3.63) is 63.2 Å². The predicted molar refractivity (Wildman–Crippen MR) is 123 cm³/mol. The lowest BCUT2D eigenvalue weighted by Gasteiger charge is -2.39. The summed E-state index contributed by atoms with van der Waals surface area (Å²) in [6.07, 6.45) is -0.204. The second-order valence-electron chi connectivity index (χ2n) is 8.48. The molecule has 0 bridgehead atoms. The molecule has 1 saturated heterocycles. The maximum Gasteiger partial charge on any atom is 0.288 e. The van der Waals surface area contributed by atoms with Gasteiger partial charge in [-0.3, -0.25) is 24.5 Å². The smallest absolute Gasteiger partial charge is 0.288 e. The molecule has 3 amide bonds. The molecule has 174 valence electrons. The Bertz CT molecular complexity index is 1110. The molecule has 0 aromatic heterocycles. The number of anilines is 1. The zero-order valence-corrected chi connectivity index (χ0v) is 19.5. The molecule has 33 heavy (non-hydrogen) atoms. The number of imide groups is 1.